The molecule has 0 aromatic rings. The van der Waals surface area contributed by atoms with Gasteiger partial charge in [0.1, 0.15) is 6.17 Å². The predicted molar refractivity (Wildman–Crippen MR) is 71.1 cm³/mol. The lowest BCUT2D eigenvalue weighted by Gasteiger charge is -2.45. The molecule has 0 aromatic heterocycles. The third-order valence-corrected chi connectivity index (χ3v) is 8.74. The molecule has 1 saturated heterocycles. The molecule has 4 aliphatic carbocycles. The molecular weight excluding hydrogens is 362 g/mol. The molecule has 5 heteroatoms. The van der Waals surface area contributed by atoms with E-state index in [4.69, 9.17) is 4.74 Å². The zero-order valence-electron chi connectivity index (χ0n) is 10.3. The first-order valence-electron chi connectivity index (χ1n) is 7.12. The van der Waals surface area contributed by atoms with E-state index in [1.54, 1.807) is 0 Å². The van der Waals surface area contributed by atoms with Gasteiger partial charge >= 0.3 is 11.9 Å². The first kappa shape index (κ1) is 11.5. The summed E-state index contributed by atoms with van der Waals surface area (Å²) in [5.74, 6) is -0.980. The maximum atomic E-state index is 14.7. The van der Waals surface area contributed by atoms with Crippen LogP contribution in [0.4, 0.5) is 4.39 Å². The van der Waals surface area contributed by atoms with Crippen molar-refractivity contribution in [1.82, 2.24) is 0 Å². The number of cyclic esters (lactones) is 2. The lowest BCUT2D eigenvalue weighted by atomic mass is 9.51. The van der Waals surface area contributed by atoms with Crippen LogP contribution in [-0.2, 0) is 14.3 Å². The SMILES string of the molecule is O=C1OC(=O)[C@]23[C@@H]4CC[C@@H](C4F)[C@]12[C@@H]1CC[C@H]3C1I. The minimum Gasteiger partial charge on any atom is -0.392 e. The highest BCUT2D eigenvalue weighted by molar-refractivity contribution is 14.1. The highest BCUT2D eigenvalue weighted by atomic mass is 127. The van der Waals surface area contributed by atoms with Gasteiger partial charge in [0, 0.05) is 15.8 Å². The summed E-state index contributed by atoms with van der Waals surface area (Å²) in [6.07, 6.45) is 2.45. The highest BCUT2D eigenvalue weighted by Gasteiger charge is 2.91. The van der Waals surface area contributed by atoms with Crippen molar-refractivity contribution >= 4 is 34.5 Å². The topological polar surface area (TPSA) is 43.4 Å². The molecule has 8 atom stereocenters. The largest absolute Gasteiger partial charge is 0.392 e. The Kier molecular flexibility index (Phi) is 1.82. The molecule has 0 spiro atoms. The Labute approximate surface area is 123 Å². The first-order chi connectivity index (χ1) is 9.07. The molecule has 4 saturated carbocycles. The van der Waals surface area contributed by atoms with E-state index in [1.165, 1.54) is 0 Å². The summed E-state index contributed by atoms with van der Waals surface area (Å²) in [4.78, 5) is 25.0. The Bertz CT molecular complexity index is 463. The van der Waals surface area contributed by atoms with Gasteiger partial charge < -0.3 is 4.74 Å². The van der Waals surface area contributed by atoms with E-state index in [9.17, 15) is 14.0 Å². The number of hydrogen-bond acceptors (Lipinski definition) is 3. The van der Waals surface area contributed by atoms with Gasteiger partial charge in [-0.3, -0.25) is 9.59 Å². The van der Waals surface area contributed by atoms with Gasteiger partial charge in [-0.15, -0.1) is 0 Å². The van der Waals surface area contributed by atoms with Crippen LogP contribution in [0.2, 0.25) is 0 Å². The van der Waals surface area contributed by atoms with E-state index in [2.05, 4.69) is 22.6 Å². The molecular formula is C14H14FIO3. The number of halogens is 2. The van der Waals surface area contributed by atoms with Gasteiger partial charge in [0.25, 0.3) is 0 Å². The standard InChI is InChI=1S/C14H14FIO3/c15-9-5-1-2-6(9)14-8-4-3-7(10(8)16)13(5,14)11(17)19-12(14)18/h5-10H,1-4H2/t5-,6+,7+,8-,9?,10?,13-,14+. The molecule has 5 fully saturated rings. The number of alkyl halides is 2. The summed E-state index contributed by atoms with van der Waals surface area (Å²) in [5, 5.41) is 0. The number of carbonyl (C=O) groups is 2. The van der Waals surface area contributed by atoms with Gasteiger partial charge in [-0.05, 0) is 37.5 Å². The number of fused-ring (bicyclic) bond motifs is 4. The van der Waals surface area contributed by atoms with E-state index < -0.39 is 17.0 Å². The monoisotopic (exact) mass is 376 g/mol. The van der Waals surface area contributed by atoms with Crippen LogP contribution in [0.3, 0.4) is 0 Å². The van der Waals surface area contributed by atoms with E-state index in [0.29, 0.717) is 3.92 Å². The molecule has 19 heavy (non-hydrogen) atoms. The van der Waals surface area contributed by atoms with Crippen molar-refractivity contribution in [2.24, 2.45) is 34.5 Å². The average molecular weight is 376 g/mol. The van der Waals surface area contributed by atoms with Crippen LogP contribution in [0.5, 0.6) is 0 Å². The fraction of sp³-hybridized carbons (Fsp3) is 0.857. The van der Waals surface area contributed by atoms with Crippen molar-refractivity contribution in [3.63, 3.8) is 0 Å². The predicted octanol–water partition coefficient (Wildman–Crippen LogP) is 2.26. The van der Waals surface area contributed by atoms with Gasteiger partial charge in [-0.1, -0.05) is 22.6 Å². The number of esters is 2. The Morgan fingerprint density at radius 1 is 0.947 bits per heavy atom. The van der Waals surface area contributed by atoms with Gasteiger partial charge in [0.2, 0.25) is 0 Å². The van der Waals surface area contributed by atoms with Crippen molar-refractivity contribution in [2.75, 3.05) is 0 Å². The quantitative estimate of drug-likeness (QED) is 0.282. The molecule has 1 aliphatic heterocycles. The van der Waals surface area contributed by atoms with E-state index in [-0.39, 0.29) is 35.6 Å². The van der Waals surface area contributed by atoms with E-state index >= 15 is 0 Å². The van der Waals surface area contributed by atoms with Crippen LogP contribution in [0.25, 0.3) is 0 Å². The second-order valence-corrected chi connectivity index (χ2v) is 8.32. The Morgan fingerprint density at radius 2 is 1.37 bits per heavy atom. The third-order valence-electron chi connectivity index (χ3n) is 7.00. The van der Waals surface area contributed by atoms with Gasteiger partial charge in [0.05, 0.1) is 10.8 Å². The molecule has 1 heterocycles. The number of carbonyl (C=O) groups excluding carboxylic acids is 2. The van der Waals surface area contributed by atoms with E-state index in [1.807, 2.05) is 0 Å². The maximum absolute atomic E-state index is 14.7. The molecule has 0 radical (unpaired) electrons. The molecule has 0 N–H and O–H groups in total. The van der Waals surface area contributed by atoms with Crippen molar-refractivity contribution in [1.29, 1.82) is 0 Å². The van der Waals surface area contributed by atoms with Gasteiger partial charge in [-0.2, -0.15) is 0 Å². The lowest BCUT2D eigenvalue weighted by molar-refractivity contribution is -0.159. The number of hydrogen-bond donors (Lipinski definition) is 0. The van der Waals surface area contributed by atoms with Crippen molar-refractivity contribution < 1.29 is 18.7 Å². The minimum atomic E-state index is -0.969. The Hall–Kier alpha value is -0.200. The smallest absolute Gasteiger partial charge is 0.321 e. The molecule has 102 valence electrons. The van der Waals surface area contributed by atoms with Crippen LogP contribution in [0.1, 0.15) is 25.7 Å². The summed E-state index contributed by atoms with van der Waals surface area (Å²) in [6, 6.07) is 0. The molecule has 3 nitrogen and oxygen atoms in total. The number of ether oxygens (including phenoxy) is 1. The molecule has 2 unspecified atom stereocenters. The average Bonchev–Trinajstić information content (AvgIpc) is 3.10. The molecule has 0 aromatic carbocycles. The van der Waals surface area contributed by atoms with Crippen molar-refractivity contribution in [2.45, 2.75) is 35.8 Å². The second-order valence-electron chi connectivity index (χ2n) is 6.88. The van der Waals surface area contributed by atoms with Gasteiger partial charge in [0.15, 0.2) is 0 Å². The fourth-order valence-corrected chi connectivity index (χ4v) is 8.66. The Morgan fingerprint density at radius 3 is 1.84 bits per heavy atom. The van der Waals surface area contributed by atoms with Crippen LogP contribution in [0, 0.1) is 34.5 Å². The fourth-order valence-electron chi connectivity index (χ4n) is 6.80. The Balaban J connectivity index is 1.87. The summed E-state index contributed by atoms with van der Waals surface area (Å²) in [6.45, 7) is 0. The summed E-state index contributed by atoms with van der Waals surface area (Å²) < 4.78 is 20.1. The van der Waals surface area contributed by atoms with Crippen LogP contribution >= 0.6 is 22.6 Å². The summed E-state index contributed by atoms with van der Waals surface area (Å²) >= 11 is 2.40. The zero-order valence-corrected chi connectivity index (χ0v) is 12.4. The normalized spacial score (nSPS) is 64.5. The lowest BCUT2D eigenvalue weighted by Crippen LogP contribution is -2.53. The minimum absolute atomic E-state index is 0.158. The van der Waals surface area contributed by atoms with Crippen molar-refractivity contribution in [3.05, 3.63) is 0 Å². The molecule has 5 aliphatic rings. The molecule has 0 amide bonds. The van der Waals surface area contributed by atoms with Crippen molar-refractivity contribution in [3.8, 4) is 0 Å². The second kappa shape index (κ2) is 3.02. The van der Waals surface area contributed by atoms with Crippen LogP contribution < -0.4 is 0 Å². The maximum Gasteiger partial charge on any atom is 0.321 e. The first-order valence-corrected chi connectivity index (χ1v) is 8.37. The summed E-state index contributed by atoms with van der Waals surface area (Å²) in [5.41, 5.74) is -1.58. The third kappa shape index (κ3) is 0.794. The zero-order chi connectivity index (χ0) is 13.2. The molecule has 5 rings (SSSR count). The van der Waals surface area contributed by atoms with E-state index in [0.717, 1.165) is 25.7 Å². The van der Waals surface area contributed by atoms with Gasteiger partial charge in [-0.25, -0.2) is 4.39 Å². The molecule has 4 bridgehead atoms. The highest BCUT2D eigenvalue weighted by Crippen LogP contribution is 2.84. The summed E-state index contributed by atoms with van der Waals surface area (Å²) in [7, 11) is 0. The number of rotatable bonds is 0. The van der Waals surface area contributed by atoms with Crippen LogP contribution in [-0.4, -0.2) is 22.0 Å². The van der Waals surface area contributed by atoms with Crippen LogP contribution in [0.15, 0.2) is 0 Å².